The van der Waals surface area contributed by atoms with E-state index in [4.69, 9.17) is 0 Å². The molecule has 5 nitrogen and oxygen atoms in total. The predicted octanol–water partition coefficient (Wildman–Crippen LogP) is 2.93. The fourth-order valence-corrected chi connectivity index (χ4v) is 2.90. The highest BCUT2D eigenvalue weighted by atomic mass is 79.9. The van der Waals surface area contributed by atoms with Crippen LogP contribution in [0.3, 0.4) is 0 Å². The number of benzene rings is 1. The highest BCUT2D eigenvalue weighted by Gasteiger charge is 2.28. The standard InChI is InChI=1S/C14H20BrN3O2/c1-14(16-2)5-7-17(8-6-14)10-11-3-4-12(15)13(9-11)18(19)20/h3-4,9,16H,5-8,10H2,1-2H3. The highest BCUT2D eigenvalue weighted by Crippen LogP contribution is 2.27. The number of nitrogens with zero attached hydrogens (tertiary/aromatic N) is 2. The monoisotopic (exact) mass is 341 g/mol. The second kappa shape index (κ2) is 6.20. The van der Waals surface area contributed by atoms with E-state index in [1.54, 1.807) is 12.1 Å². The van der Waals surface area contributed by atoms with Gasteiger partial charge < -0.3 is 5.32 Å². The first-order valence-electron chi connectivity index (χ1n) is 6.78. The quantitative estimate of drug-likeness (QED) is 0.675. The summed E-state index contributed by atoms with van der Waals surface area (Å²) >= 11 is 3.22. The fraction of sp³-hybridized carbons (Fsp3) is 0.571. The van der Waals surface area contributed by atoms with Crippen LogP contribution in [0.25, 0.3) is 0 Å². The van der Waals surface area contributed by atoms with Gasteiger partial charge in [0.2, 0.25) is 0 Å². The summed E-state index contributed by atoms with van der Waals surface area (Å²) in [5, 5.41) is 14.3. The molecule has 1 heterocycles. The van der Waals surface area contributed by atoms with E-state index >= 15 is 0 Å². The summed E-state index contributed by atoms with van der Waals surface area (Å²) in [4.78, 5) is 13.0. The van der Waals surface area contributed by atoms with Crippen LogP contribution in [0.1, 0.15) is 25.3 Å². The molecular weight excluding hydrogens is 322 g/mol. The number of rotatable bonds is 4. The number of nitrogens with one attached hydrogen (secondary N) is 1. The molecule has 0 unspecified atom stereocenters. The number of hydrogen-bond acceptors (Lipinski definition) is 4. The number of nitro benzene ring substituents is 1. The van der Waals surface area contributed by atoms with Gasteiger partial charge >= 0.3 is 0 Å². The van der Waals surface area contributed by atoms with E-state index in [-0.39, 0.29) is 16.1 Å². The minimum atomic E-state index is -0.345. The Morgan fingerprint density at radius 3 is 2.65 bits per heavy atom. The number of piperidine rings is 1. The highest BCUT2D eigenvalue weighted by molar-refractivity contribution is 9.10. The Hall–Kier alpha value is -0.980. The Morgan fingerprint density at radius 1 is 1.45 bits per heavy atom. The predicted molar refractivity (Wildman–Crippen MR) is 82.8 cm³/mol. The van der Waals surface area contributed by atoms with E-state index in [1.807, 2.05) is 13.1 Å². The average molecular weight is 342 g/mol. The third kappa shape index (κ3) is 3.56. The molecule has 1 aromatic rings. The smallest absolute Gasteiger partial charge is 0.283 e. The second-order valence-electron chi connectivity index (χ2n) is 5.63. The molecule has 1 aliphatic heterocycles. The lowest BCUT2D eigenvalue weighted by molar-refractivity contribution is -0.385. The molecule has 0 saturated carbocycles. The maximum atomic E-state index is 10.9. The van der Waals surface area contributed by atoms with E-state index in [1.165, 1.54) is 0 Å². The van der Waals surface area contributed by atoms with Crippen LogP contribution in [0.4, 0.5) is 5.69 Å². The molecule has 1 aromatic carbocycles. The molecule has 20 heavy (non-hydrogen) atoms. The van der Waals surface area contributed by atoms with Gasteiger partial charge in [-0.15, -0.1) is 0 Å². The zero-order valence-corrected chi connectivity index (χ0v) is 13.4. The van der Waals surface area contributed by atoms with Crippen molar-refractivity contribution < 1.29 is 4.92 Å². The first-order valence-corrected chi connectivity index (χ1v) is 7.57. The Kier molecular flexibility index (Phi) is 4.78. The maximum absolute atomic E-state index is 10.9. The lowest BCUT2D eigenvalue weighted by Gasteiger charge is -2.39. The SMILES string of the molecule is CNC1(C)CCN(Cc2ccc(Br)c([N+](=O)[O-])c2)CC1. The van der Waals surface area contributed by atoms with Crippen LogP contribution in [-0.4, -0.2) is 35.5 Å². The molecular formula is C14H20BrN3O2. The zero-order chi connectivity index (χ0) is 14.8. The van der Waals surface area contributed by atoms with E-state index in [0.29, 0.717) is 4.47 Å². The number of hydrogen-bond donors (Lipinski definition) is 1. The van der Waals surface area contributed by atoms with Crippen LogP contribution in [0.15, 0.2) is 22.7 Å². The summed E-state index contributed by atoms with van der Waals surface area (Å²) in [6.45, 7) is 5.05. The van der Waals surface area contributed by atoms with Crippen molar-refractivity contribution in [1.29, 1.82) is 0 Å². The lowest BCUT2D eigenvalue weighted by atomic mass is 9.90. The van der Waals surface area contributed by atoms with Crippen molar-refractivity contribution in [2.45, 2.75) is 31.8 Å². The van der Waals surface area contributed by atoms with Crippen LogP contribution >= 0.6 is 15.9 Å². The van der Waals surface area contributed by atoms with Crippen LogP contribution in [0.5, 0.6) is 0 Å². The Balaban J connectivity index is 2.01. The molecule has 0 aromatic heterocycles. The molecule has 0 bridgehead atoms. The molecule has 0 spiro atoms. The van der Waals surface area contributed by atoms with Crippen LogP contribution in [0, 0.1) is 10.1 Å². The molecule has 2 rings (SSSR count). The van der Waals surface area contributed by atoms with Crippen molar-refractivity contribution in [1.82, 2.24) is 10.2 Å². The molecule has 1 fully saturated rings. The van der Waals surface area contributed by atoms with Crippen LogP contribution in [0.2, 0.25) is 0 Å². The fourth-order valence-electron chi connectivity index (χ4n) is 2.51. The van der Waals surface area contributed by atoms with Crippen molar-refractivity contribution in [2.24, 2.45) is 0 Å². The molecule has 0 amide bonds. The summed E-state index contributed by atoms with van der Waals surface area (Å²) in [6.07, 6.45) is 2.20. The lowest BCUT2D eigenvalue weighted by Crippen LogP contribution is -2.49. The summed E-state index contributed by atoms with van der Waals surface area (Å²) in [6, 6.07) is 5.37. The minimum absolute atomic E-state index is 0.138. The van der Waals surface area contributed by atoms with Gasteiger partial charge in [-0.25, -0.2) is 0 Å². The van der Waals surface area contributed by atoms with Crippen molar-refractivity contribution in [3.8, 4) is 0 Å². The summed E-state index contributed by atoms with van der Waals surface area (Å²) in [5.41, 5.74) is 1.36. The van der Waals surface area contributed by atoms with E-state index < -0.39 is 0 Å². The summed E-state index contributed by atoms with van der Waals surface area (Å²) in [5.74, 6) is 0. The maximum Gasteiger partial charge on any atom is 0.283 e. The van der Waals surface area contributed by atoms with Crippen molar-refractivity contribution >= 4 is 21.6 Å². The van der Waals surface area contributed by atoms with Crippen LogP contribution in [-0.2, 0) is 6.54 Å². The van der Waals surface area contributed by atoms with Gasteiger partial charge in [0.05, 0.1) is 9.40 Å². The number of nitro groups is 1. The number of likely N-dealkylation sites (tertiary alicyclic amines) is 1. The van der Waals surface area contributed by atoms with Gasteiger partial charge in [0.15, 0.2) is 0 Å². The van der Waals surface area contributed by atoms with E-state index in [2.05, 4.69) is 33.1 Å². The van der Waals surface area contributed by atoms with Gasteiger partial charge in [0.1, 0.15) is 0 Å². The topological polar surface area (TPSA) is 58.4 Å². The second-order valence-corrected chi connectivity index (χ2v) is 6.48. The molecule has 0 aliphatic carbocycles. The van der Waals surface area contributed by atoms with Gasteiger partial charge in [0, 0.05) is 31.2 Å². The third-order valence-corrected chi connectivity index (χ3v) is 4.85. The van der Waals surface area contributed by atoms with Gasteiger partial charge in [-0.1, -0.05) is 6.07 Å². The van der Waals surface area contributed by atoms with Gasteiger partial charge in [0.25, 0.3) is 5.69 Å². The first kappa shape index (κ1) is 15.4. The van der Waals surface area contributed by atoms with Gasteiger partial charge in [-0.2, -0.15) is 0 Å². The summed E-state index contributed by atoms with van der Waals surface area (Å²) in [7, 11) is 2.01. The third-order valence-electron chi connectivity index (χ3n) is 4.18. The molecule has 0 atom stereocenters. The Labute approximate surface area is 127 Å². The molecule has 6 heteroatoms. The van der Waals surface area contributed by atoms with Crippen molar-refractivity contribution in [2.75, 3.05) is 20.1 Å². The zero-order valence-electron chi connectivity index (χ0n) is 11.9. The van der Waals surface area contributed by atoms with Crippen molar-refractivity contribution in [3.05, 3.63) is 38.3 Å². The number of halogens is 1. The molecule has 1 saturated heterocycles. The van der Waals surface area contributed by atoms with Crippen LogP contribution < -0.4 is 5.32 Å². The van der Waals surface area contributed by atoms with Gasteiger partial charge in [-0.05, 0) is 54.4 Å². The molecule has 110 valence electrons. The van der Waals surface area contributed by atoms with E-state index in [9.17, 15) is 10.1 Å². The normalized spacial score (nSPS) is 18.9. The molecule has 1 N–H and O–H groups in total. The minimum Gasteiger partial charge on any atom is -0.314 e. The van der Waals surface area contributed by atoms with Gasteiger partial charge in [-0.3, -0.25) is 15.0 Å². The van der Waals surface area contributed by atoms with Crippen molar-refractivity contribution in [3.63, 3.8) is 0 Å². The first-order chi connectivity index (χ1) is 9.43. The Bertz CT molecular complexity index is 499. The Morgan fingerprint density at radius 2 is 2.10 bits per heavy atom. The summed E-state index contributed by atoms with van der Waals surface area (Å²) < 4.78 is 0.535. The molecule has 0 radical (unpaired) electrons. The average Bonchev–Trinajstić information content (AvgIpc) is 2.43. The molecule has 1 aliphatic rings. The largest absolute Gasteiger partial charge is 0.314 e. The van der Waals surface area contributed by atoms with E-state index in [0.717, 1.165) is 38.0 Å².